The standard InChI is InChI=1S/C9H16N2O3S/c1-7(2)11(6-5-10)9(12)8(3)15(4,13)14/h7-8H,6H2,1-4H3. The molecule has 15 heavy (non-hydrogen) atoms. The SMILES string of the molecule is CC(C)N(CC#N)C(=O)C(C)S(C)(=O)=O. The van der Waals surface area contributed by atoms with Crippen LogP contribution in [0.25, 0.3) is 0 Å². The van der Waals surface area contributed by atoms with Gasteiger partial charge < -0.3 is 4.90 Å². The molecule has 5 nitrogen and oxygen atoms in total. The quantitative estimate of drug-likeness (QED) is 0.648. The summed E-state index contributed by atoms with van der Waals surface area (Å²) in [7, 11) is -3.40. The summed E-state index contributed by atoms with van der Waals surface area (Å²) in [6.07, 6.45) is 1.01. The highest BCUT2D eigenvalue weighted by Gasteiger charge is 2.29. The number of hydrogen-bond acceptors (Lipinski definition) is 4. The third-order valence-corrected chi connectivity index (χ3v) is 3.62. The second-order valence-electron chi connectivity index (χ2n) is 3.69. The molecule has 0 N–H and O–H groups in total. The first-order valence-electron chi connectivity index (χ1n) is 4.58. The van der Waals surface area contributed by atoms with E-state index in [2.05, 4.69) is 0 Å². The van der Waals surface area contributed by atoms with Crippen molar-refractivity contribution in [3.63, 3.8) is 0 Å². The van der Waals surface area contributed by atoms with E-state index in [9.17, 15) is 13.2 Å². The first-order valence-corrected chi connectivity index (χ1v) is 6.53. The minimum absolute atomic E-state index is 0.0869. The molecule has 0 aliphatic rings. The maximum absolute atomic E-state index is 11.7. The lowest BCUT2D eigenvalue weighted by atomic mass is 10.3. The van der Waals surface area contributed by atoms with Gasteiger partial charge in [-0.15, -0.1) is 0 Å². The molecule has 0 aliphatic carbocycles. The van der Waals surface area contributed by atoms with Crippen LogP contribution in [-0.4, -0.2) is 43.3 Å². The first-order chi connectivity index (χ1) is 6.71. The summed E-state index contributed by atoms with van der Waals surface area (Å²) < 4.78 is 22.3. The van der Waals surface area contributed by atoms with Gasteiger partial charge in [-0.25, -0.2) is 8.42 Å². The Bertz CT molecular complexity index is 367. The van der Waals surface area contributed by atoms with E-state index in [-0.39, 0.29) is 12.6 Å². The highest BCUT2D eigenvalue weighted by molar-refractivity contribution is 7.92. The molecule has 0 rings (SSSR count). The van der Waals surface area contributed by atoms with E-state index in [0.717, 1.165) is 6.26 Å². The molecule has 0 saturated carbocycles. The number of amides is 1. The van der Waals surface area contributed by atoms with Gasteiger partial charge in [0.15, 0.2) is 9.84 Å². The molecular weight excluding hydrogens is 216 g/mol. The normalized spacial score (nSPS) is 13.3. The molecule has 6 heteroatoms. The number of nitrogens with zero attached hydrogens (tertiary/aromatic N) is 2. The highest BCUT2D eigenvalue weighted by atomic mass is 32.2. The number of rotatable bonds is 4. The lowest BCUT2D eigenvalue weighted by Gasteiger charge is -2.26. The Morgan fingerprint density at radius 2 is 1.87 bits per heavy atom. The van der Waals surface area contributed by atoms with Crippen LogP contribution in [0.2, 0.25) is 0 Å². The van der Waals surface area contributed by atoms with Crippen LogP contribution in [0.1, 0.15) is 20.8 Å². The lowest BCUT2D eigenvalue weighted by Crippen LogP contribution is -2.45. The van der Waals surface area contributed by atoms with Gasteiger partial charge in [0.2, 0.25) is 5.91 Å². The van der Waals surface area contributed by atoms with Crippen molar-refractivity contribution in [1.82, 2.24) is 4.90 Å². The molecule has 0 fully saturated rings. The number of nitriles is 1. The summed E-state index contributed by atoms with van der Waals surface area (Å²) >= 11 is 0. The van der Waals surface area contributed by atoms with Crippen LogP contribution >= 0.6 is 0 Å². The zero-order valence-corrected chi connectivity index (χ0v) is 10.2. The Balaban J connectivity index is 4.89. The van der Waals surface area contributed by atoms with Crippen LogP contribution in [0.5, 0.6) is 0 Å². The number of carbonyl (C=O) groups is 1. The summed E-state index contributed by atoms with van der Waals surface area (Å²) in [5.41, 5.74) is 0. The van der Waals surface area contributed by atoms with Crippen molar-refractivity contribution < 1.29 is 13.2 Å². The minimum Gasteiger partial charge on any atom is -0.326 e. The van der Waals surface area contributed by atoms with Crippen LogP contribution in [-0.2, 0) is 14.6 Å². The fourth-order valence-corrected chi connectivity index (χ4v) is 1.51. The summed E-state index contributed by atoms with van der Waals surface area (Å²) in [5, 5.41) is 7.44. The Hall–Kier alpha value is -1.09. The van der Waals surface area contributed by atoms with E-state index in [0.29, 0.717) is 0 Å². The van der Waals surface area contributed by atoms with Crippen molar-refractivity contribution >= 4 is 15.7 Å². The van der Waals surface area contributed by atoms with Crippen LogP contribution in [0.3, 0.4) is 0 Å². The van der Waals surface area contributed by atoms with Crippen molar-refractivity contribution in [2.45, 2.75) is 32.1 Å². The smallest absolute Gasteiger partial charge is 0.241 e. The monoisotopic (exact) mass is 232 g/mol. The summed E-state index contributed by atoms with van der Waals surface area (Å²) in [6.45, 7) is 4.73. The van der Waals surface area contributed by atoms with E-state index in [4.69, 9.17) is 5.26 Å². The molecule has 0 aliphatic heterocycles. The fourth-order valence-electron chi connectivity index (χ4n) is 1.01. The van der Waals surface area contributed by atoms with E-state index in [1.54, 1.807) is 13.8 Å². The lowest BCUT2D eigenvalue weighted by molar-refractivity contribution is -0.131. The Kier molecular flexibility index (Phi) is 4.75. The molecule has 0 saturated heterocycles. The molecule has 0 aromatic rings. The third kappa shape index (κ3) is 3.88. The zero-order valence-electron chi connectivity index (χ0n) is 9.39. The van der Waals surface area contributed by atoms with Gasteiger partial charge in [0.25, 0.3) is 0 Å². The topological polar surface area (TPSA) is 78.2 Å². The van der Waals surface area contributed by atoms with E-state index in [1.165, 1.54) is 11.8 Å². The van der Waals surface area contributed by atoms with Crippen LogP contribution in [0.4, 0.5) is 0 Å². The van der Waals surface area contributed by atoms with Crippen molar-refractivity contribution in [1.29, 1.82) is 5.26 Å². The average Bonchev–Trinajstić information content (AvgIpc) is 2.09. The van der Waals surface area contributed by atoms with E-state index < -0.39 is 21.0 Å². The Labute approximate surface area is 90.6 Å². The fraction of sp³-hybridized carbons (Fsp3) is 0.778. The predicted octanol–water partition coefficient (Wildman–Crippen LogP) is 0.180. The highest BCUT2D eigenvalue weighted by Crippen LogP contribution is 2.07. The third-order valence-electron chi connectivity index (χ3n) is 2.14. The first kappa shape index (κ1) is 13.9. The molecule has 0 bridgehead atoms. The van der Waals surface area contributed by atoms with Gasteiger partial charge in [-0.2, -0.15) is 5.26 Å². The van der Waals surface area contributed by atoms with E-state index in [1.807, 2.05) is 6.07 Å². The number of hydrogen-bond donors (Lipinski definition) is 0. The molecule has 86 valence electrons. The molecular formula is C9H16N2O3S. The van der Waals surface area contributed by atoms with Crippen LogP contribution in [0.15, 0.2) is 0 Å². The summed E-state index contributed by atoms with van der Waals surface area (Å²) in [4.78, 5) is 13.0. The van der Waals surface area contributed by atoms with Gasteiger partial charge in [0.05, 0.1) is 6.07 Å². The molecule has 0 radical (unpaired) electrons. The molecule has 0 spiro atoms. The summed E-state index contributed by atoms with van der Waals surface area (Å²) in [6, 6.07) is 1.67. The van der Waals surface area contributed by atoms with Gasteiger partial charge in [0, 0.05) is 12.3 Å². The molecule has 0 aromatic carbocycles. The Morgan fingerprint density at radius 1 is 1.40 bits per heavy atom. The molecule has 0 heterocycles. The summed E-state index contributed by atoms with van der Waals surface area (Å²) in [5.74, 6) is -0.519. The van der Waals surface area contributed by atoms with Gasteiger partial charge in [-0.1, -0.05) is 0 Å². The van der Waals surface area contributed by atoms with E-state index >= 15 is 0 Å². The molecule has 0 aromatic heterocycles. The maximum Gasteiger partial charge on any atom is 0.241 e. The van der Waals surface area contributed by atoms with Crippen LogP contribution < -0.4 is 0 Å². The van der Waals surface area contributed by atoms with Crippen molar-refractivity contribution in [3.05, 3.63) is 0 Å². The molecule has 1 unspecified atom stereocenters. The van der Waals surface area contributed by atoms with Crippen molar-refractivity contribution in [2.75, 3.05) is 12.8 Å². The minimum atomic E-state index is -3.40. The van der Waals surface area contributed by atoms with Gasteiger partial charge in [0.1, 0.15) is 11.8 Å². The van der Waals surface area contributed by atoms with Gasteiger partial charge in [-0.05, 0) is 20.8 Å². The number of sulfone groups is 1. The predicted molar refractivity (Wildman–Crippen MR) is 56.8 cm³/mol. The molecule has 1 amide bonds. The largest absolute Gasteiger partial charge is 0.326 e. The number of carbonyl (C=O) groups excluding carboxylic acids is 1. The molecule has 1 atom stereocenters. The zero-order chi connectivity index (χ0) is 12.2. The van der Waals surface area contributed by atoms with Crippen LogP contribution in [0, 0.1) is 11.3 Å². The average molecular weight is 232 g/mol. The second-order valence-corrected chi connectivity index (χ2v) is 6.06. The van der Waals surface area contributed by atoms with Crippen molar-refractivity contribution in [2.24, 2.45) is 0 Å². The van der Waals surface area contributed by atoms with Gasteiger partial charge >= 0.3 is 0 Å². The second kappa shape index (κ2) is 5.12. The van der Waals surface area contributed by atoms with Crippen molar-refractivity contribution in [3.8, 4) is 6.07 Å². The maximum atomic E-state index is 11.7. The van der Waals surface area contributed by atoms with Gasteiger partial charge in [-0.3, -0.25) is 4.79 Å². The Morgan fingerprint density at radius 3 is 2.13 bits per heavy atom.